The number of aliphatic hydroxyl groups is 1. The molecule has 0 saturated carbocycles. The average molecular weight is 293 g/mol. The van der Waals surface area contributed by atoms with E-state index in [1.807, 2.05) is 16.5 Å². The van der Waals surface area contributed by atoms with Crippen molar-refractivity contribution < 1.29 is 13.9 Å². The highest BCUT2D eigenvalue weighted by molar-refractivity contribution is 5.22. The van der Waals surface area contributed by atoms with Gasteiger partial charge in [0.1, 0.15) is 11.6 Å². The second-order valence-corrected chi connectivity index (χ2v) is 5.42. The van der Waals surface area contributed by atoms with E-state index in [0.29, 0.717) is 13.1 Å². The summed E-state index contributed by atoms with van der Waals surface area (Å²) in [5, 5.41) is 10.2. The summed E-state index contributed by atoms with van der Waals surface area (Å²) in [5.41, 5.74) is 2.33. The molecule has 21 heavy (non-hydrogen) atoms. The maximum absolute atomic E-state index is 13.7. The molecule has 0 fully saturated rings. The van der Waals surface area contributed by atoms with Crippen LogP contribution < -0.4 is 0 Å². The van der Waals surface area contributed by atoms with Crippen LogP contribution in [0.4, 0.5) is 8.78 Å². The van der Waals surface area contributed by atoms with Crippen LogP contribution in [0.25, 0.3) is 0 Å². The first-order valence-electron chi connectivity index (χ1n) is 6.89. The van der Waals surface area contributed by atoms with Gasteiger partial charge in [-0.05, 0) is 6.07 Å². The summed E-state index contributed by atoms with van der Waals surface area (Å²) in [6.45, 7) is 1.72. The third-order valence-corrected chi connectivity index (χ3v) is 3.94. The first-order valence-corrected chi connectivity index (χ1v) is 6.89. The molecule has 4 nitrogen and oxygen atoms in total. The number of nitrogens with zero attached hydrogens (tertiary/aromatic N) is 3. The number of imidazole rings is 1. The number of fused-ring (bicyclic) bond motifs is 1. The number of rotatable bonds is 3. The lowest BCUT2D eigenvalue weighted by atomic mass is 10.1. The lowest BCUT2D eigenvalue weighted by Crippen LogP contribution is -2.34. The van der Waals surface area contributed by atoms with Gasteiger partial charge >= 0.3 is 0 Å². The van der Waals surface area contributed by atoms with E-state index in [-0.39, 0.29) is 5.56 Å². The van der Waals surface area contributed by atoms with Crippen LogP contribution in [0.15, 0.2) is 24.5 Å². The van der Waals surface area contributed by atoms with Crippen molar-refractivity contribution in [1.29, 1.82) is 0 Å². The molecule has 3 rings (SSSR count). The monoisotopic (exact) mass is 293 g/mol. The number of aliphatic hydroxyl groups excluding tert-OH is 1. The Kier molecular flexibility index (Phi) is 3.73. The molecule has 1 aliphatic rings. The molecule has 1 N–H and O–H groups in total. The van der Waals surface area contributed by atoms with Crippen LogP contribution in [-0.2, 0) is 20.0 Å². The molecule has 0 bridgehead atoms. The molecule has 0 radical (unpaired) electrons. The summed E-state index contributed by atoms with van der Waals surface area (Å²) >= 11 is 0. The van der Waals surface area contributed by atoms with Gasteiger partial charge < -0.3 is 9.67 Å². The van der Waals surface area contributed by atoms with Crippen LogP contribution in [0.1, 0.15) is 23.1 Å². The Morgan fingerprint density at radius 1 is 1.38 bits per heavy atom. The molecule has 1 aromatic heterocycles. The number of aromatic nitrogens is 2. The van der Waals surface area contributed by atoms with E-state index in [1.165, 1.54) is 11.8 Å². The number of hydrogen-bond donors (Lipinski definition) is 1. The van der Waals surface area contributed by atoms with Gasteiger partial charge in [-0.15, -0.1) is 0 Å². The minimum atomic E-state index is -0.976. The van der Waals surface area contributed by atoms with Crippen molar-refractivity contribution in [3.05, 3.63) is 53.1 Å². The second kappa shape index (κ2) is 5.54. The number of hydrogen-bond acceptors (Lipinski definition) is 3. The lowest BCUT2D eigenvalue weighted by molar-refractivity contribution is 0.102. The predicted octanol–water partition coefficient (Wildman–Crippen LogP) is 1.79. The molecule has 112 valence electrons. The molecule has 0 aliphatic carbocycles. The van der Waals surface area contributed by atoms with Gasteiger partial charge in [-0.25, -0.2) is 13.8 Å². The fourth-order valence-electron chi connectivity index (χ4n) is 2.78. The molecule has 2 aromatic rings. The van der Waals surface area contributed by atoms with Crippen LogP contribution >= 0.6 is 0 Å². The Bertz CT molecular complexity index is 656. The SMILES string of the molecule is Cn1cnc2c1CCN(C[C@H](O)c1ccc(F)cc1F)C2. The molecule has 0 amide bonds. The van der Waals surface area contributed by atoms with Crippen molar-refractivity contribution in [1.82, 2.24) is 14.5 Å². The molecule has 1 atom stereocenters. The third-order valence-electron chi connectivity index (χ3n) is 3.94. The molecule has 6 heteroatoms. The van der Waals surface area contributed by atoms with Gasteiger partial charge in [-0.3, -0.25) is 4.90 Å². The van der Waals surface area contributed by atoms with E-state index >= 15 is 0 Å². The summed E-state index contributed by atoms with van der Waals surface area (Å²) in [7, 11) is 1.96. The molecule has 0 saturated heterocycles. The zero-order valence-electron chi connectivity index (χ0n) is 11.8. The molecule has 0 spiro atoms. The van der Waals surface area contributed by atoms with Crippen molar-refractivity contribution >= 4 is 0 Å². The number of benzene rings is 1. The highest BCUT2D eigenvalue weighted by Gasteiger charge is 2.23. The van der Waals surface area contributed by atoms with Crippen molar-refractivity contribution in [3.63, 3.8) is 0 Å². The van der Waals surface area contributed by atoms with Crippen LogP contribution in [0.5, 0.6) is 0 Å². The lowest BCUT2D eigenvalue weighted by Gasteiger charge is -2.28. The van der Waals surface area contributed by atoms with Gasteiger partial charge in [-0.1, -0.05) is 6.07 Å². The first-order chi connectivity index (χ1) is 10.0. The maximum Gasteiger partial charge on any atom is 0.131 e. The van der Waals surface area contributed by atoms with E-state index < -0.39 is 17.7 Å². The Labute approximate surface area is 121 Å². The summed E-state index contributed by atoms with van der Waals surface area (Å²) in [4.78, 5) is 6.36. The molecule has 1 aliphatic heterocycles. The quantitative estimate of drug-likeness (QED) is 0.938. The summed E-state index contributed by atoms with van der Waals surface area (Å²) in [5.74, 6) is -1.35. The fourth-order valence-corrected chi connectivity index (χ4v) is 2.78. The highest BCUT2D eigenvalue weighted by Crippen LogP contribution is 2.22. The molecular formula is C15H17F2N3O. The van der Waals surface area contributed by atoms with Crippen LogP contribution in [0.3, 0.4) is 0 Å². The average Bonchev–Trinajstić information content (AvgIpc) is 2.80. The van der Waals surface area contributed by atoms with Crippen molar-refractivity contribution in [2.75, 3.05) is 13.1 Å². The van der Waals surface area contributed by atoms with Crippen LogP contribution in [0.2, 0.25) is 0 Å². The topological polar surface area (TPSA) is 41.3 Å². The van der Waals surface area contributed by atoms with E-state index in [1.54, 1.807) is 6.33 Å². The van der Waals surface area contributed by atoms with Crippen molar-refractivity contribution in [3.8, 4) is 0 Å². The van der Waals surface area contributed by atoms with Crippen LogP contribution in [0, 0.1) is 11.6 Å². The zero-order valence-corrected chi connectivity index (χ0v) is 11.8. The van der Waals surface area contributed by atoms with E-state index in [0.717, 1.165) is 30.8 Å². The number of β-amino-alcohol motifs (C(OH)–C–C–N with tert-alkyl or cyclic N) is 1. The summed E-state index contributed by atoms with van der Waals surface area (Å²) in [6, 6.07) is 3.26. The Morgan fingerprint density at radius 2 is 2.19 bits per heavy atom. The molecule has 0 unspecified atom stereocenters. The zero-order chi connectivity index (χ0) is 15.0. The highest BCUT2D eigenvalue weighted by atomic mass is 19.1. The predicted molar refractivity (Wildman–Crippen MR) is 73.5 cm³/mol. The number of aryl methyl sites for hydroxylation is 1. The Hall–Kier alpha value is -1.79. The van der Waals surface area contributed by atoms with Gasteiger partial charge in [0.2, 0.25) is 0 Å². The minimum Gasteiger partial charge on any atom is -0.387 e. The third kappa shape index (κ3) is 2.82. The van der Waals surface area contributed by atoms with E-state index in [9.17, 15) is 13.9 Å². The van der Waals surface area contributed by atoms with E-state index in [2.05, 4.69) is 4.98 Å². The van der Waals surface area contributed by atoms with Gasteiger partial charge in [0, 0.05) is 50.4 Å². The second-order valence-electron chi connectivity index (χ2n) is 5.42. The standard InChI is InChI=1S/C15H17F2N3O/c1-19-9-18-13-7-20(5-4-14(13)19)8-15(21)11-3-2-10(16)6-12(11)17/h2-3,6,9,15,21H,4-5,7-8H2,1H3/t15-/m0/s1. The first kappa shape index (κ1) is 14.2. The fraction of sp³-hybridized carbons (Fsp3) is 0.400. The normalized spacial score (nSPS) is 16.8. The Morgan fingerprint density at radius 3 is 2.95 bits per heavy atom. The van der Waals surface area contributed by atoms with E-state index in [4.69, 9.17) is 0 Å². The van der Waals surface area contributed by atoms with Crippen molar-refractivity contribution in [2.24, 2.45) is 7.05 Å². The van der Waals surface area contributed by atoms with Crippen LogP contribution in [-0.4, -0.2) is 32.6 Å². The Balaban J connectivity index is 1.70. The van der Waals surface area contributed by atoms with Gasteiger partial charge in [-0.2, -0.15) is 0 Å². The van der Waals surface area contributed by atoms with Gasteiger partial charge in [0.25, 0.3) is 0 Å². The largest absolute Gasteiger partial charge is 0.387 e. The summed E-state index contributed by atoms with van der Waals surface area (Å²) < 4.78 is 28.6. The minimum absolute atomic E-state index is 0.128. The summed E-state index contributed by atoms with van der Waals surface area (Å²) in [6.07, 6.45) is 1.66. The molecule has 2 heterocycles. The molecular weight excluding hydrogens is 276 g/mol. The smallest absolute Gasteiger partial charge is 0.131 e. The van der Waals surface area contributed by atoms with Gasteiger partial charge in [0.05, 0.1) is 18.1 Å². The maximum atomic E-state index is 13.7. The molecule has 1 aromatic carbocycles. The van der Waals surface area contributed by atoms with Crippen molar-refractivity contribution in [2.45, 2.75) is 19.1 Å². The van der Waals surface area contributed by atoms with Gasteiger partial charge in [0.15, 0.2) is 0 Å². The number of halogens is 2.